The Labute approximate surface area is 110 Å². The fourth-order valence-corrected chi connectivity index (χ4v) is 3.00. The summed E-state index contributed by atoms with van der Waals surface area (Å²) in [5, 5.41) is 0. The molecule has 0 amide bonds. The number of pyridine rings is 1. The van der Waals surface area contributed by atoms with Crippen LogP contribution in [-0.2, 0) is 6.54 Å². The van der Waals surface area contributed by atoms with Crippen LogP contribution in [-0.4, -0.2) is 29.5 Å². The number of aromatic nitrogens is 1. The molecule has 0 saturated heterocycles. The van der Waals surface area contributed by atoms with E-state index in [2.05, 4.69) is 29.9 Å². The Balaban J connectivity index is 1.85. The molecule has 0 bridgehead atoms. The van der Waals surface area contributed by atoms with E-state index < -0.39 is 0 Å². The number of nitrogens with two attached hydrogens (primary N) is 1. The van der Waals surface area contributed by atoms with Crippen LogP contribution in [0.5, 0.6) is 0 Å². The van der Waals surface area contributed by atoms with E-state index in [0.717, 1.165) is 19.0 Å². The summed E-state index contributed by atoms with van der Waals surface area (Å²) in [6, 6.07) is 4.52. The summed E-state index contributed by atoms with van der Waals surface area (Å²) >= 11 is 0. The third-order valence-electron chi connectivity index (χ3n) is 4.02. The summed E-state index contributed by atoms with van der Waals surface area (Å²) in [4.78, 5) is 6.53. The van der Waals surface area contributed by atoms with Gasteiger partial charge < -0.3 is 10.6 Å². The molecule has 0 aliphatic heterocycles. The van der Waals surface area contributed by atoms with Gasteiger partial charge in [-0.25, -0.2) is 0 Å². The lowest BCUT2D eigenvalue weighted by molar-refractivity contribution is 0.177. The predicted octanol–water partition coefficient (Wildman–Crippen LogP) is 2.28. The van der Waals surface area contributed by atoms with Crippen LogP contribution in [0.2, 0.25) is 0 Å². The molecular weight excluding hydrogens is 222 g/mol. The van der Waals surface area contributed by atoms with E-state index in [9.17, 15) is 0 Å². The molecule has 1 aromatic heterocycles. The minimum Gasteiger partial charge on any atom is -0.327 e. The minimum atomic E-state index is 0.387. The van der Waals surface area contributed by atoms with Crippen LogP contribution in [0.4, 0.5) is 0 Å². The summed E-state index contributed by atoms with van der Waals surface area (Å²) < 4.78 is 0. The van der Waals surface area contributed by atoms with Gasteiger partial charge in [-0.3, -0.25) is 4.98 Å². The lowest BCUT2D eigenvalue weighted by Crippen LogP contribution is -2.41. The van der Waals surface area contributed by atoms with Crippen molar-refractivity contribution in [3.05, 3.63) is 30.1 Å². The zero-order chi connectivity index (χ0) is 13.0. The Hall–Kier alpha value is -0.930. The van der Waals surface area contributed by atoms with Crippen LogP contribution >= 0.6 is 0 Å². The highest BCUT2D eigenvalue weighted by Gasteiger charge is 2.26. The topological polar surface area (TPSA) is 42.1 Å². The van der Waals surface area contributed by atoms with E-state index in [0.29, 0.717) is 12.0 Å². The monoisotopic (exact) mass is 247 g/mol. The first-order chi connectivity index (χ1) is 8.65. The first-order valence-electron chi connectivity index (χ1n) is 6.98. The van der Waals surface area contributed by atoms with Gasteiger partial charge in [0.2, 0.25) is 0 Å². The molecule has 1 fully saturated rings. The van der Waals surface area contributed by atoms with Gasteiger partial charge in [-0.15, -0.1) is 0 Å². The highest BCUT2D eigenvalue weighted by molar-refractivity contribution is 5.08. The van der Waals surface area contributed by atoms with Gasteiger partial charge >= 0.3 is 0 Å². The Morgan fingerprint density at radius 2 is 2.28 bits per heavy atom. The van der Waals surface area contributed by atoms with Crippen LogP contribution in [0.3, 0.4) is 0 Å². The minimum absolute atomic E-state index is 0.387. The average Bonchev–Trinajstić information content (AvgIpc) is 2.35. The van der Waals surface area contributed by atoms with Gasteiger partial charge in [0.15, 0.2) is 0 Å². The van der Waals surface area contributed by atoms with Gasteiger partial charge in [0.1, 0.15) is 0 Å². The summed E-state index contributed by atoms with van der Waals surface area (Å²) in [7, 11) is 2.18. The van der Waals surface area contributed by atoms with Crippen molar-refractivity contribution in [2.24, 2.45) is 17.6 Å². The van der Waals surface area contributed by atoms with E-state index in [1.807, 2.05) is 18.5 Å². The molecule has 3 unspecified atom stereocenters. The van der Waals surface area contributed by atoms with E-state index in [4.69, 9.17) is 5.73 Å². The van der Waals surface area contributed by atoms with Crippen LogP contribution in [0.1, 0.15) is 31.7 Å². The second kappa shape index (κ2) is 6.30. The SMILES string of the molecule is CC1CCC(N)C(CN(C)Cc2cccnc2)C1. The van der Waals surface area contributed by atoms with Crippen molar-refractivity contribution in [3.63, 3.8) is 0 Å². The van der Waals surface area contributed by atoms with Crippen molar-refractivity contribution < 1.29 is 0 Å². The van der Waals surface area contributed by atoms with Gasteiger partial charge in [-0.2, -0.15) is 0 Å². The summed E-state index contributed by atoms with van der Waals surface area (Å²) in [5.74, 6) is 1.48. The second-order valence-electron chi connectivity index (χ2n) is 5.90. The molecule has 3 atom stereocenters. The van der Waals surface area contributed by atoms with Gasteiger partial charge in [-0.1, -0.05) is 13.0 Å². The molecule has 1 heterocycles. The molecule has 100 valence electrons. The highest BCUT2D eigenvalue weighted by Crippen LogP contribution is 2.28. The smallest absolute Gasteiger partial charge is 0.0312 e. The normalized spacial score (nSPS) is 28.6. The molecule has 3 heteroatoms. The number of nitrogens with zero attached hydrogens (tertiary/aromatic N) is 2. The molecule has 2 N–H and O–H groups in total. The van der Waals surface area contributed by atoms with E-state index in [1.54, 1.807) is 0 Å². The molecule has 1 aromatic rings. The number of hydrogen-bond acceptors (Lipinski definition) is 3. The Morgan fingerprint density at radius 3 is 3.00 bits per heavy atom. The van der Waals surface area contributed by atoms with Gasteiger partial charge in [-0.05, 0) is 49.8 Å². The van der Waals surface area contributed by atoms with Crippen molar-refractivity contribution in [3.8, 4) is 0 Å². The Kier molecular flexibility index (Phi) is 4.72. The van der Waals surface area contributed by atoms with Crippen LogP contribution in [0.25, 0.3) is 0 Å². The maximum absolute atomic E-state index is 6.24. The maximum atomic E-state index is 6.24. The third-order valence-corrected chi connectivity index (χ3v) is 4.02. The summed E-state index contributed by atoms with van der Waals surface area (Å²) in [5.41, 5.74) is 7.52. The first kappa shape index (κ1) is 13.5. The van der Waals surface area contributed by atoms with Gasteiger partial charge in [0.05, 0.1) is 0 Å². The fourth-order valence-electron chi connectivity index (χ4n) is 3.00. The molecule has 0 radical (unpaired) electrons. The number of rotatable bonds is 4. The lowest BCUT2D eigenvalue weighted by Gasteiger charge is -2.35. The van der Waals surface area contributed by atoms with Crippen molar-refractivity contribution in [1.29, 1.82) is 0 Å². The first-order valence-corrected chi connectivity index (χ1v) is 6.98. The molecule has 1 aliphatic carbocycles. The molecule has 0 spiro atoms. The van der Waals surface area contributed by atoms with E-state index in [1.165, 1.54) is 24.8 Å². The van der Waals surface area contributed by atoms with Crippen LogP contribution < -0.4 is 5.73 Å². The van der Waals surface area contributed by atoms with Crippen molar-refractivity contribution in [1.82, 2.24) is 9.88 Å². The maximum Gasteiger partial charge on any atom is 0.0312 e. The van der Waals surface area contributed by atoms with E-state index in [-0.39, 0.29) is 0 Å². The van der Waals surface area contributed by atoms with Crippen molar-refractivity contribution in [2.45, 2.75) is 38.8 Å². The Bertz CT molecular complexity index is 352. The predicted molar refractivity (Wildman–Crippen MR) is 75.1 cm³/mol. The molecule has 0 aromatic carbocycles. The van der Waals surface area contributed by atoms with Crippen molar-refractivity contribution in [2.75, 3.05) is 13.6 Å². The van der Waals surface area contributed by atoms with Crippen molar-refractivity contribution >= 4 is 0 Å². The second-order valence-corrected chi connectivity index (χ2v) is 5.90. The molecular formula is C15H25N3. The van der Waals surface area contributed by atoms with Gasteiger partial charge in [0.25, 0.3) is 0 Å². The molecule has 3 nitrogen and oxygen atoms in total. The molecule has 2 rings (SSSR count). The summed E-state index contributed by atoms with van der Waals surface area (Å²) in [6.45, 7) is 4.41. The fraction of sp³-hybridized carbons (Fsp3) is 0.667. The van der Waals surface area contributed by atoms with E-state index >= 15 is 0 Å². The zero-order valence-corrected chi connectivity index (χ0v) is 11.5. The van der Waals surface area contributed by atoms with Crippen LogP contribution in [0.15, 0.2) is 24.5 Å². The molecule has 18 heavy (non-hydrogen) atoms. The quantitative estimate of drug-likeness (QED) is 0.887. The highest BCUT2D eigenvalue weighted by atomic mass is 15.1. The largest absolute Gasteiger partial charge is 0.327 e. The number of hydrogen-bond donors (Lipinski definition) is 1. The lowest BCUT2D eigenvalue weighted by atomic mass is 9.79. The summed E-state index contributed by atoms with van der Waals surface area (Å²) in [6.07, 6.45) is 7.53. The Morgan fingerprint density at radius 1 is 1.44 bits per heavy atom. The van der Waals surface area contributed by atoms with Crippen LogP contribution in [0, 0.1) is 11.8 Å². The average molecular weight is 247 g/mol. The molecule has 1 aliphatic rings. The zero-order valence-electron chi connectivity index (χ0n) is 11.5. The standard InChI is InChI=1S/C15H25N3/c1-12-5-6-15(16)14(8-12)11-18(2)10-13-4-3-7-17-9-13/h3-4,7,9,12,14-15H,5-6,8,10-11,16H2,1-2H3. The third kappa shape index (κ3) is 3.79. The molecule has 1 saturated carbocycles. The van der Waals surface area contributed by atoms with Gasteiger partial charge in [0, 0.05) is 31.5 Å².